The number of carboxylic acids is 4. The molecule has 0 aromatic rings. The summed E-state index contributed by atoms with van der Waals surface area (Å²) in [6, 6.07) is -8.21. The van der Waals surface area contributed by atoms with Gasteiger partial charge in [0.2, 0.25) is 61.1 Å². The van der Waals surface area contributed by atoms with Gasteiger partial charge in [0.25, 0.3) is 0 Å². The monoisotopic (exact) mass is 1770 g/mol. The van der Waals surface area contributed by atoms with Crippen LogP contribution in [0.15, 0.2) is 11.8 Å². The number of aliphatic carboxylic acids is 4. The molecular formula is C57H82N4O53S3-4. The third-order valence-electron chi connectivity index (χ3n) is 18.5. The normalized spacial score (nSPS) is 42.2. The maximum absolute atomic E-state index is 13.2. The number of amides is 4. The van der Waals surface area contributed by atoms with Crippen molar-refractivity contribution < 1.29 is 252 Å². The van der Waals surface area contributed by atoms with E-state index in [0.29, 0.717) is 0 Å². The van der Waals surface area contributed by atoms with Crippen molar-refractivity contribution in [2.75, 3.05) is 33.5 Å². The van der Waals surface area contributed by atoms with Crippen molar-refractivity contribution in [3.63, 3.8) is 0 Å². The first-order chi connectivity index (χ1) is 54.4. The van der Waals surface area contributed by atoms with Crippen LogP contribution in [0.5, 0.6) is 0 Å². The Kier molecular flexibility index (Phi) is 32.7. The first-order valence-electron chi connectivity index (χ1n) is 34.0. The van der Waals surface area contributed by atoms with E-state index in [9.17, 15) is 164 Å². The molecule has 4 amide bonds. The van der Waals surface area contributed by atoms with Crippen molar-refractivity contribution in [3.8, 4) is 0 Å². The molecule has 0 saturated carbocycles. The van der Waals surface area contributed by atoms with Gasteiger partial charge in [0, 0.05) is 34.8 Å². The molecule has 7 saturated heterocycles. The summed E-state index contributed by atoms with van der Waals surface area (Å²) >= 11 is 0. The maximum atomic E-state index is 13.2. The van der Waals surface area contributed by atoms with Gasteiger partial charge in [0.05, 0.1) is 26.4 Å². The van der Waals surface area contributed by atoms with E-state index in [4.69, 9.17) is 75.8 Å². The lowest BCUT2D eigenvalue weighted by Gasteiger charge is -2.50. The van der Waals surface area contributed by atoms with Crippen LogP contribution >= 0.6 is 0 Å². The second-order valence-electron chi connectivity index (χ2n) is 26.7. The quantitative estimate of drug-likeness (QED) is 0.0214. The Morgan fingerprint density at radius 1 is 0.376 bits per heavy atom. The van der Waals surface area contributed by atoms with Crippen molar-refractivity contribution in [2.24, 2.45) is 0 Å². The molecule has 7 fully saturated rings. The van der Waals surface area contributed by atoms with Gasteiger partial charge in [0.1, 0.15) is 170 Å². The smallest absolute Gasteiger partial charge is 0.335 e. The Bertz CT molecular complexity index is 3870. The summed E-state index contributed by atoms with van der Waals surface area (Å²) in [5, 5.41) is 200. The molecule has 20 N–H and O–H groups in total. The number of aliphatic hydroxyl groups is 13. The number of hydrogen-bond acceptors (Lipinski definition) is 50. The largest absolute Gasteiger partial charge is 0.726 e. The van der Waals surface area contributed by atoms with E-state index in [1.807, 2.05) is 5.32 Å². The highest BCUT2D eigenvalue weighted by molar-refractivity contribution is 7.81. The average molecular weight is 1770 g/mol. The Morgan fingerprint density at radius 2 is 0.650 bits per heavy atom. The van der Waals surface area contributed by atoms with Crippen LogP contribution in [0.2, 0.25) is 0 Å². The highest BCUT2D eigenvalue weighted by atomic mass is 32.3. The molecule has 8 heterocycles. The number of carboxylic acid groups (broad SMARTS) is 4. The molecule has 0 bridgehead atoms. The topological polar surface area (TPSA) is 878 Å². The van der Waals surface area contributed by atoms with Gasteiger partial charge in [-0.2, -0.15) is 0 Å². The second-order valence-corrected chi connectivity index (χ2v) is 29.8. The minimum Gasteiger partial charge on any atom is -0.726 e. The first-order valence-corrected chi connectivity index (χ1v) is 38.0. The molecule has 0 radical (unpaired) electrons. The third kappa shape index (κ3) is 23.5. The van der Waals surface area contributed by atoms with Crippen molar-refractivity contribution >= 4 is 78.7 Å². The molecular weight excluding hydrogens is 1680 g/mol. The minimum absolute atomic E-state index is 0.248. The molecule has 8 aliphatic rings. The molecule has 57 nitrogen and oxygen atoms in total. The van der Waals surface area contributed by atoms with E-state index in [1.165, 1.54) is 0 Å². The van der Waals surface area contributed by atoms with Gasteiger partial charge < -0.3 is 202 Å². The van der Waals surface area contributed by atoms with Crippen molar-refractivity contribution in [3.05, 3.63) is 11.8 Å². The number of rotatable bonds is 33. The van der Waals surface area contributed by atoms with Crippen LogP contribution in [0.25, 0.3) is 0 Å². The molecule has 8 aliphatic heterocycles. The van der Waals surface area contributed by atoms with Gasteiger partial charge >= 0.3 is 17.9 Å². The number of hydrogen-bond donors (Lipinski definition) is 20. The van der Waals surface area contributed by atoms with E-state index >= 15 is 0 Å². The van der Waals surface area contributed by atoms with Gasteiger partial charge in [0.15, 0.2) is 68.4 Å². The standard InChI is InChI=1S/C57H86N4O53S3/c1-11(64)58-21-25(69)36(17(7-62)100-50(21)96-5)104-54-32(76)29(73)41(44(111-54)48(83)84)109-52-23(60-13(3)66)27(71)38(19(102-52)9-97-115(87,88)89)106-56-34(78)31(75)40(43(113-56)47(81)82)108-51-22(59-12(2)65)26(70)37(18(8-63)101-51)105-55-33(77)30(74)42(45(112-55)49(85)86)110-53-24(61-14(4)67)28(72)39(20(103-53)10-98-116(90,91)92)107-57-35(114-117(93,94)95)15(68)6-16(99-57)46(79)80/h6,15,17-45,50-57,62-63,68-78H,7-10H2,1-5H3,(H,58,64)(H,59,65)(H,60,66)(H,61,67)(H,79,80)(H,81,82)(H,83,84)(H,85,86)(H,87,88,89)(H,90,91,92)(H,93,94,95)/p-4/t15-,17?,18?,19?,20?,21?,22?,23?,24?,25?,26?,27?,28?,29-,30-,31-,32?,33?,34?,35?,36?,37?,38?,39?,40?,41?,42?,43?,44?,45?,50?,51?,52?,53?,54?,55?,56?,57?/m0/s1. The fraction of sp³-hybridized carbons (Fsp3) is 0.825. The van der Waals surface area contributed by atoms with Crippen molar-refractivity contribution in [1.82, 2.24) is 21.3 Å². The highest BCUT2D eigenvalue weighted by Gasteiger charge is 2.62. The number of aliphatic hydroxyl groups excluding tert-OH is 13. The lowest BCUT2D eigenvalue weighted by atomic mass is 9.93. The van der Waals surface area contributed by atoms with Crippen LogP contribution in [0.1, 0.15) is 27.7 Å². The van der Waals surface area contributed by atoms with Gasteiger partial charge in [-0.25, -0.2) is 39.6 Å². The van der Waals surface area contributed by atoms with Crippen LogP contribution in [0.3, 0.4) is 0 Å². The summed E-state index contributed by atoms with van der Waals surface area (Å²) in [6.45, 7) is -2.30. The second kappa shape index (κ2) is 39.8. The molecule has 0 aromatic heterocycles. The summed E-state index contributed by atoms with van der Waals surface area (Å²) in [6.07, 6.45) is -83.0. The number of carbonyl (C=O) groups is 8. The summed E-state index contributed by atoms with van der Waals surface area (Å²) in [7, 11) is -16.5. The summed E-state index contributed by atoms with van der Waals surface area (Å²) in [5.74, 6) is -14.2. The van der Waals surface area contributed by atoms with Crippen molar-refractivity contribution in [2.45, 2.75) is 261 Å². The molecule has 0 aliphatic carbocycles. The maximum Gasteiger partial charge on any atom is 0.335 e. The lowest BCUT2D eigenvalue weighted by molar-refractivity contribution is -0.381. The molecule has 670 valence electrons. The molecule has 117 heavy (non-hydrogen) atoms. The number of carbonyl (C=O) groups excluding carboxylic acids is 5. The van der Waals surface area contributed by atoms with Crippen molar-refractivity contribution in [1.29, 1.82) is 0 Å². The molecule has 60 heteroatoms. The zero-order valence-corrected chi connectivity index (χ0v) is 62.8. The number of ether oxygens (including phenoxy) is 16. The SMILES string of the molecule is COC1OC(CO)C(OC2OC(C(=O)O)C(OC3OC(COS(=O)(=O)[O-])C(OC4OC(C(=O)O)C(OC5OC(CO)C(OC6OC(C(=O)O)C(OC7OC(COS(=O)(=O)[O-])C(OC8OC(C(=O)[O-])=C[C@H](O)C8OS(=O)(=O)[O-])C(O)C7NC(C)=O)[C@@H](O)C6O)C(O)C5NC(C)=O)[C@@H](O)C4O)C(O)C3NC(C)=O)[C@@H](O)C2O)C(O)C1NC(C)=O. The Balaban J connectivity index is 0.996. The van der Waals surface area contributed by atoms with Crippen LogP contribution in [0, 0.1) is 0 Å². The zero-order chi connectivity index (χ0) is 87.4. The molecule has 0 spiro atoms. The Hall–Kier alpha value is -6.21. The number of nitrogens with one attached hydrogen (secondary N) is 4. The van der Waals surface area contributed by atoms with Gasteiger partial charge in [-0.15, -0.1) is 0 Å². The Labute approximate surface area is 656 Å². The van der Waals surface area contributed by atoms with E-state index in [0.717, 1.165) is 34.8 Å². The number of methoxy groups -OCH3 is 1. The highest BCUT2D eigenvalue weighted by Crippen LogP contribution is 2.40. The van der Waals surface area contributed by atoms with Gasteiger partial charge in [-0.1, -0.05) is 0 Å². The zero-order valence-electron chi connectivity index (χ0n) is 60.3. The third-order valence-corrected chi connectivity index (χ3v) is 19.8. The van der Waals surface area contributed by atoms with Crippen LogP contribution in [-0.4, -0.2) is 435 Å². The fourth-order valence-corrected chi connectivity index (χ4v) is 14.5. The van der Waals surface area contributed by atoms with E-state index < -0.39 is 344 Å². The van der Waals surface area contributed by atoms with E-state index in [2.05, 4.69) is 28.5 Å². The van der Waals surface area contributed by atoms with E-state index in [1.54, 1.807) is 0 Å². The Morgan fingerprint density at radius 3 is 0.915 bits per heavy atom. The molecule has 34 unspecified atom stereocenters. The molecule has 8 rings (SSSR count). The van der Waals surface area contributed by atoms with Gasteiger partial charge in [-0.05, 0) is 6.08 Å². The summed E-state index contributed by atoms with van der Waals surface area (Å²) in [5.41, 5.74) is 0. The lowest BCUT2D eigenvalue weighted by Crippen LogP contribution is -2.71. The predicted molar refractivity (Wildman–Crippen MR) is 339 cm³/mol. The van der Waals surface area contributed by atoms with Crippen LogP contribution in [0.4, 0.5) is 0 Å². The predicted octanol–water partition coefficient (Wildman–Crippen LogP) is -18.6. The summed E-state index contributed by atoms with van der Waals surface area (Å²) < 4.78 is 208. The van der Waals surface area contributed by atoms with Crippen LogP contribution in [-0.2, 0) is 158 Å². The first kappa shape index (κ1) is 96.3. The fourth-order valence-electron chi connectivity index (χ4n) is 13.4. The molecule has 0 aromatic carbocycles. The average Bonchev–Trinajstić information content (AvgIpc) is 0.765. The van der Waals surface area contributed by atoms with Gasteiger partial charge in [-0.3, -0.25) is 31.7 Å². The summed E-state index contributed by atoms with van der Waals surface area (Å²) in [4.78, 5) is 101. The molecule has 38 atom stereocenters. The minimum atomic E-state index is -5.91. The van der Waals surface area contributed by atoms with E-state index in [-0.39, 0.29) is 6.08 Å². The van der Waals surface area contributed by atoms with Crippen LogP contribution < -0.4 is 26.4 Å².